The molecule has 1 saturated carbocycles. The Labute approximate surface area is 159 Å². The summed E-state index contributed by atoms with van der Waals surface area (Å²) >= 11 is 5.47. The van der Waals surface area contributed by atoms with E-state index >= 15 is 0 Å². The predicted molar refractivity (Wildman–Crippen MR) is 104 cm³/mol. The van der Waals surface area contributed by atoms with Gasteiger partial charge in [-0.15, -0.1) is 0 Å². The van der Waals surface area contributed by atoms with E-state index in [2.05, 4.69) is 10.6 Å². The molecule has 2 aliphatic rings. The largest absolute Gasteiger partial charge is 0.390 e. The van der Waals surface area contributed by atoms with Gasteiger partial charge in [0.2, 0.25) is 5.91 Å². The molecule has 1 aromatic rings. The first-order chi connectivity index (χ1) is 12.4. The van der Waals surface area contributed by atoms with E-state index in [0.717, 1.165) is 12.2 Å². The first-order valence-corrected chi connectivity index (χ1v) is 9.24. The van der Waals surface area contributed by atoms with Crippen molar-refractivity contribution in [3.63, 3.8) is 0 Å². The van der Waals surface area contributed by atoms with Crippen LogP contribution in [0.5, 0.6) is 0 Å². The summed E-state index contributed by atoms with van der Waals surface area (Å²) in [5.41, 5.74) is 0.868. The van der Waals surface area contributed by atoms with E-state index in [0.29, 0.717) is 11.7 Å². The molecule has 1 aliphatic carbocycles. The number of hydrogen-bond donors (Lipinski definition) is 4. The van der Waals surface area contributed by atoms with Gasteiger partial charge in [-0.2, -0.15) is 0 Å². The number of fused-ring (bicyclic) bond motifs is 1. The van der Waals surface area contributed by atoms with Gasteiger partial charge in [-0.25, -0.2) is 0 Å². The molecule has 5 atom stereocenters. The maximum Gasteiger partial charge on any atom is 0.225 e. The normalized spacial score (nSPS) is 30.9. The maximum absolute atomic E-state index is 12.8. The van der Waals surface area contributed by atoms with Crippen molar-refractivity contribution in [2.75, 3.05) is 32.1 Å². The molecule has 0 aromatic heterocycles. The van der Waals surface area contributed by atoms with Crippen LogP contribution < -0.4 is 15.5 Å². The number of thiocarbonyl (C=S) groups is 1. The number of likely N-dealkylation sites (N-methyl/N-ethyl adjacent to an activating group) is 1. The van der Waals surface area contributed by atoms with E-state index in [9.17, 15) is 15.0 Å². The summed E-state index contributed by atoms with van der Waals surface area (Å²) in [5.74, 6) is -0.603. The zero-order valence-corrected chi connectivity index (χ0v) is 15.8. The highest BCUT2D eigenvalue weighted by atomic mass is 32.1. The van der Waals surface area contributed by atoms with Crippen molar-refractivity contribution in [3.05, 3.63) is 30.3 Å². The van der Waals surface area contributed by atoms with E-state index in [-0.39, 0.29) is 18.4 Å². The number of anilines is 1. The van der Waals surface area contributed by atoms with Gasteiger partial charge in [0, 0.05) is 18.8 Å². The highest BCUT2D eigenvalue weighted by Crippen LogP contribution is 2.36. The highest BCUT2D eigenvalue weighted by Gasteiger charge is 2.53. The van der Waals surface area contributed by atoms with Gasteiger partial charge >= 0.3 is 0 Å². The molecule has 26 heavy (non-hydrogen) atoms. The number of nitrogens with zero attached hydrogens (tertiary/aromatic N) is 2. The molecule has 1 heterocycles. The van der Waals surface area contributed by atoms with Gasteiger partial charge in [-0.3, -0.25) is 4.79 Å². The predicted octanol–water partition coefficient (Wildman–Crippen LogP) is -0.462. The van der Waals surface area contributed by atoms with Crippen LogP contribution in [0.2, 0.25) is 0 Å². The summed E-state index contributed by atoms with van der Waals surface area (Å²) in [6, 6.07) is 8.75. The van der Waals surface area contributed by atoms with E-state index < -0.39 is 24.2 Å². The van der Waals surface area contributed by atoms with Crippen LogP contribution in [0.1, 0.15) is 6.42 Å². The fraction of sp³-hybridized carbons (Fsp3) is 0.556. The second-order valence-corrected chi connectivity index (χ2v) is 7.55. The lowest BCUT2D eigenvalue weighted by Crippen LogP contribution is -2.61. The molecule has 0 unspecified atom stereocenters. The zero-order valence-electron chi connectivity index (χ0n) is 15.0. The third kappa shape index (κ3) is 3.68. The van der Waals surface area contributed by atoms with Crippen LogP contribution in [0.4, 0.5) is 5.69 Å². The highest BCUT2D eigenvalue weighted by molar-refractivity contribution is 7.80. The maximum atomic E-state index is 12.8. The number of carbonyl (C=O) groups is 1. The molecule has 1 aliphatic heterocycles. The molecule has 1 amide bonds. The smallest absolute Gasteiger partial charge is 0.225 e. The molecule has 2 fully saturated rings. The van der Waals surface area contributed by atoms with Gasteiger partial charge in [0.15, 0.2) is 5.11 Å². The molecule has 7 nitrogen and oxygen atoms in total. The molecule has 4 N–H and O–H groups in total. The van der Waals surface area contributed by atoms with Crippen molar-refractivity contribution in [1.29, 1.82) is 0 Å². The van der Waals surface area contributed by atoms with E-state index in [1.165, 1.54) is 0 Å². The van der Waals surface area contributed by atoms with Gasteiger partial charge in [0.05, 0.1) is 24.1 Å². The monoisotopic (exact) mass is 378 g/mol. The molecule has 0 radical (unpaired) electrons. The third-order valence-electron chi connectivity index (χ3n) is 5.07. The first-order valence-electron chi connectivity index (χ1n) is 8.83. The lowest BCUT2D eigenvalue weighted by atomic mass is 9.77. The van der Waals surface area contributed by atoms with E-state index in [4.69, 9.17) is 12.2 Å². The Morgan fingerprint density at radius 3 is 2.69 bits per heavy atom. The summed E-state index contributed by atoms with van der Waals surface area (Å²) in [5, 5.41) is 27.2. The summed E-state index contributed by atoms with van der Waals surface area (Å²) in [4.78, 5) is 16.7. The minimum Gasteiger partial charge on any atom is -0.390 e. The van der Waals surface area contributed by atoms with Crippen molar-refractivity contribution >= 4 is 28.9 Å². The number of nitrogens with one attached hydrogen (secondary N) is 2. The molecular formula is C18H26N4O3S. The minimum absolute atomic E-state index is 0.125. The van der Waals surface area contributed by atoms with Crippen molar-refractivity contribution in [3.8, 4) is 0 Å². The van der Waals surface area contributed by atoms with Crippen LogP contribution in [-0.2, 0) is 4.79 Å². The van der Waals surface area contributed by atoms with Gasteiger partial charge in [-0.1, -0.05) is 18.2 Å². The minimum atomic E-state index is -0.975. The van der Waals surface area contributed by atoms with Crippen LogP contribution >= 0.6 is 12.2 Å². The average Bonchev–Trinajstić information content (AvgIpc) is 2.95. The van der Waals surface area contributed by atoms with Crippen LogP contribution in [-0.4, -0.2) is 77.6 Å². The standard InChI is InChI=1S/C18H26N4O3S/c1-21(2)9-8-19-17(25)12-10-13(23)16(24)14-15(12)22(18(26)20-14)11-6-4-3-5-7-11/h3-7,12-16,23-24H,8-10H2,1-2H3,(H,19,25)(H,20,26)/t12-,13+,14-,15+,16-/m0/s1. The Morgan fingerprint density at radius 1 is 1.35 bits per heavy atom. The summed E-state index contributed by atoms with van der Waals surface area (Å²) in [7, 11) is 3.89. The molecule has 0 bridgehead atoms. The summed E-state index contributed by atoms with van der Waals surface area (Å²) in [6.07, 6.45) is -1.74. The molecule has 1 aromatic carbocycles. The fourth-order valence-corrected chi connectivity index (χ4v) is 4.13. The first kappa shape index (κ1) is 19.0. The van der Waals surface area contributed by atoms with Gasteiger partial charge in [-0.05, 0) is 44.9 Å². The molecule has 142 valence electrons. The van der Waals surface area contributed by atoms with Crippen LogP contribution in [0.15, 0.2) is 30.3 Å². The lowest BCUT2D eigenvalue weighted by Gasteiger charge is -2.41. The van der Waals surface area contributed by atoms with Crippen molar-refractivity contribution in [1.82, 2.24) is 15.5 Å². The topological polar surface area (TPSA) is 88.1 Å². The molecule has 8 heteroatoms. The number of aliphatic hydroxyl groups is 2. The molecule has 0 spiro atoms. The Hall–Kier alpha value is -1.74. The Bertz CT molecular complexity index is 657. The number of amides is 1. The third-order valence-corrected chi connectivity index (χ3v) is 5.39. The Kier molecular flexibility index (Phi) is 5.76. The average molecular weight is 378 g/mol. The number of carbonyl (C=O) groups excluding carboxylic acids is 1. The number of aliphatic hydroxyl groups excluding tert-OH is 2. The van der Waals surface area contributed by atoms with Crippen molar-refractivity contribution < 1.29 is 15.0 Å². The quantitative estimate of drug-likeness (QED) is 0.516. The number of para-hydroxylation sites is 1. The second kappa shape index (κ2) is 7.87. The van der Waals surface area contributed by atoms with Gasteiger partial charge in [0.25, 0.3) is 0 Å². The summed E-state index contributed by atoms with van der Waals surface area (Å²) in [6.45, 7) is 1.26. The SMILES string of the molecule is CN(C)CCNC(=O)[C@H]1C[C@@H](O)[C@H](O)[C@H]2NC(=S)N(c3ccccc3)[C@@H]21. The van der Waals surface area contributed by atoms with Gasteiger partial charge < -0.3 is 30.6 Å². The molecule has 3 rings (SSSR count). The van der Waals surface area contributed by atoms with Crippen LogP contribution in [0.3, 0.4) is 0 Å². The second-order valence-electron chi connectivity index (χ2n) is 7.17. The van der Waals surface area contributed by atoms with E-state index in [1.807, 2.05) is 54.2 Å². The summed E-state index contributed by atoms with van der Waals surface area (Å²) < 4.78 is 0. The number of benzene rings is 1. The number of rotatable bonds is 5. The van der Waals surface area contributed by atoms with Crippen LogP contribution in [0, 0.1) is 5.92 Å². The Morgan fingerprint density at radius 2 is 2.04 bits per heavy atom. The van der Waals surface area contributed by atoms with E-state index in [1.54, 1.807) is 0 Å². The molecular weight excluding hydrogens is 352 g/mol. The van der Waals surface area contributed by atoms with Crippen molar-refractivity contribution in [2.45, 2.75) is 30.7 Å². The van der Waals surface area contributed by atoms with Crippen molar-refractivity contribution in [2.24, 2.45) is 5.92 Å². The zero-order chi connectivity index (χ0) is 18.8. The van der Waals surface area contributed by atoms with Gasteiger partial charge in [0.1, 0.15) is 6.10 Å². The van der Waals surface area contributed by atoms with Crippen LogP contribution in [0.25, 0.3) is 0 Å². The molecule has 1 saturated heterocycles. The fourth-order valence-electron chi connectivity index (χ4n) is 3.76. The number of hydrogen-bond acceptors (Lipinski definition) is 5. The Balaban J connectivity index is 1.85. The lowest BCUT2D eigenvalue weighted by molar-refractivity contribution is -0.131.